The number of rotatable bonds is 5. The van der Waals surface area contributed by atoms with E-state index in [1.165, 1.54) is 6.92 Å². The fraction of sp³-hybridized carbons (Fsp3) is 0.647. The molecule has 1 N–H and O–H groups in total. The van der Waals surface area contributed by atoms with Gasteiger partial charge in [0.1, 0.15) is 5.69 Å². The van der Waals surface area contributed by atoms with Crippen LogP contribution in [-0.4, -0.2) is 34.4 Å². The van der Waals surface area contributed by atoms with Crippen molar-refractivity contribution >= 4 is 33.5 Å². The zero-order valence-electron chi connectivity index (χ0n) is 14.2. The van der Waals surface area contributed by atoms with Gasteiger partial charge < -0.3 is 10.1 Å². The lowest BCUT2D eigenvalue weighted by atomic mass is 9.61. The van der Waals surface area contributed by atoms with E-state index in [9.17, 15) is 14.0 Å². The molecular weight excluding hydrogens is 393 g/mol. The van der Waals surface area contributed by atoms with Crippen LogP contribution in [0.15, 0.2) is 4.73 Å². The van der Waals surface area contributed by atoms with Gasteiger partial charge in [-0.3, -0.25) is 9.59 Å². The Labute approximate surface area is 154 Å². The number of nitrogens with zero attached hydrogens (tertiary/aromatic N) is 2. The number of ether oxygens (including phenoxy) is 1. The monoisotopic (exact) mass is 413 g/mol. The zero-order valence-corrected chi connectivity index (χ0v) is 15.8. The number of carbonyl (C=O) groups is 2. The molecule has 3 aliphatic carbocycles. The molecule has 6 nitrogen and oxygen atoms in total. The molecule has 8 heteroatoms. The Hall–Kier alpha value is -1.57. The lowest BCUT2D eigenvalue weighted by molar-refractivity contribution is -0.154. The average molecular weight is 414 g/mol. The Balaban J connectivity index is 1.92. The highest BCUT2D eigenvalue weighted by molar-refractivity contribution is 9.10. The van der Waals surface area contributed by atoms with Gasteiger partial charge in [0.15, 0.2) is 22.2 Å². The number of nitrogens with one attached hydrogen (secondary N) is 1. The minimum atomic E-state index is -0.778. The first-order chi connectivity index (χ1) is 11.9. The van der Waals surface area contributed by atoms with Gasteiger partial charge in [-0.15, -0.1) is 0 Å². The van der Waals surface area contributed by atoms with Crippen LogP contribution in [0.3, 0.4) is 0 Å². The lowest BCUT2D eigenvalue weighted by Gasteiger charge is -2.47. The van der Waals surface area contributed by atoms with Crippen molar-refractivity contribution in [2.24, 2.45) is 17.8 Å². The van der Waals surface area contributed by atoms with Gasteiger partial charge >= 0.3 is 5.97 Å². The average Bonchev–Trinajstić information content (AvgIpc) is 2.58. The molecule has 2 bridgehead atoms. The van der Waals surface area contributed by atoms with Crippen molar-refractivity contribution in [1.82, 2.24) is 9.97 Å². The number of Topliss-reactive ketones (excluding diaryl/α,β-unsaturated/α-hetero) is 1. The van der Waals surface area contributed by atoms with E-state index in [0.29, 0.717) is 6.61 Å². The van der Waals surface area contributed by atoms with Gasteiger partial charge in [-0.05, 0) is 60.4 Å². The molecule has 136 valence electrons. The molecule has 0 saturated heterocycles. The first-order valence-electron chi connectivity index (χ1n) is 8.59. The number of ketones is 1. The second-order valence-electron chi connectivity index (χ2n) is 6.68. The summed E-state index contributed by atoms with van der Waals surface area (Å²) in [6, 6.07) is -0.248. The summed E-state index contributed by atoms with van der Waals surface area (Å²) in [6.07, 6.45) is 3.96. The van der Waals surface area contributed by atoms with Gasteiger partial charge in [-0.1, -0.05) is 0 Å². The Morgan fingerprint density at radius 1 is 1.24 bits per heavy atom. The third kappa shape index (κ3) is 3.54. The molecular formula is C17H21BrFN3O3. The fourth-order valence-corrected chi connectivity index (χ4v) is 4.50. The van der Waals surface area contributed by atoms with Crippen LogP contribution in [0.1, 0.15) is 50.0 Å². The van der Waals surface area contributed by atoms with E-state index in [1.807, 2.05) is 0 Å². The highest BCUT2D eigenvalue weighted by atomic mass is 79.9. The van der Waals surface area contributed by atoms with Crippen molar-refractivity contribution in [3.05, 3.63) is 16.2 Å². The normalized spacial score (nSPS) is 27.8. The standard InChI is InChI=1S/C17H21BrFN3O3/c1-3-25-16(24)11-9-4-6-10(7-5-9)14(11)20-15-12(19)13(8(2)23)21-17(18)22-15/h9-11,14H,3-7H2,1-2H3,(H,20,21,22)/t9?,10?,11-,14-/m1/s1. The van der Waals surface area contributed by atoms with Gasteiger partial charge in [0, 0.05) is 13.0 Å². The van der Waals surface area contributed by atoms with Gasteiger partial charge in [0.25, 0.3) is 0 Å². The summed E-state index contributed by atoms with van der Waals surface area (Å²) >= 11 is 3.12. The highest BCUT2D eigenvalue weighted by Crippen LogP contribution is 2.46. The fourth-order valence-electron chi connectivity index (χ4n) is 4.14. The largest absolute Gasteiger partial charge is 0.466 e. The van der Waals surface area contributed by atoms with Crippen LogP contribution in [0.4, 0.5) is 10.2 Å². The van der Waals surface area contributed by atoms with E-state index >= 15 is 0 Å². The summed E-state index contributed by atoms with van der Waals surface area (Å²) in [6.45, 7) is 3.36. The molecule has 0 radical (unpaired) electrons. The van der Waals surface area contributed by atoms with Crippen LogP contribution in [0.5, 0.6) is 0 Å². The molecule has 3 fully saturated rings. The minimum Gasteiger partial charge on any atom is -0.466 e. The van der Waals surface area contributed by atoms with Crippen molar-refractivity contribution in [2.45, 2.75) is 45.6 Å². The second kappa shape index (κ2) is 7.35. The van der Waals surface area contributed by atoms with E-state index in [1.54, 1.807) is 6.92 Å². The Bertz CT molecular complexity index is 692. The Kier molecular flexibility index (Phi) is 5.36. The van der Waals surface area contributed by atoms with Crippen LogP contribution >= 0.6 is 15.9 Å². The Morgan fingerprint density at radius 3 is 2.48 bits per heavy atom. The summed E-state index contributed by atoms with van der Waals surface area (Å²) in [5.41, 5.74) is -0.266. The number of aromatic nitrogens is 2. The molecule has 3 aliphatic rings. The minimum absolute atomic E-state index is 0.0427. The molecule has 2 atom stereocenters. The number of hydrogen-bond acceptors (Lipinski definition) is 6. The van der Waals surface area contributed by atoms with E-state index in [2.05, 4.69) is 31.2 Å². The second-order valence-corrected chi connectivity index (χ2v) is 7.39. The lowest BCUT2D eigenvalue weighted by Crippen LogP contribution is -2.52. The van der Waals surface area contributed by atoms with Crippen LogP contribution in [-0.2, 0) is 9.53 Å². The van der Waals surface area contributed by atoms with Crippen LogP contribution in [0.25, 0.3) is 0 Å². The topological polar surface area (TPSA) is 81.2 Å². The third-order valence-electron chi connectivity index (χ3n) is 5.24. The van der Waals surface area contributed by atoms with E-state index in [4.69, 9.17) is 4.74 Å². The summed E-state index contributed by atoms with van der Waals surface area (Å²) in [5.74, 6) is -1.36. The number of halogens is 2. The highest BCUT2D eigenvalue weighted by Gasteiger charge is 2.48. The number of esters is 1. The zero-order chi connectivity index (χ0) is 18.1. The molecule has 25 heavy (non-hydrogen) atoms. The number of anilines is 1. The van der Waals surface area contributed by atoms with Gasteiger partial charge in [-0.25, -0.2) is 14.4 Å². The molecule has 0 spiro atoms. The van der Waals surface area contributed by atoms with Crippen molar-refractivity contribution in [3.63, 3.8) is 0 Å². The molecule has 0 unspecified atom stereocenters. The van der Waals surface area contributed by atoms with Crippen LogP contribution < -0.4 is 5.32 Å². The van der Waals surface area contributed by atoms with Crippen LogP contribution in [0.2, 0.25) is 0 Å². The predicted octanol–water partition coefficient (Wildman–Crippen LogP) is 3.36. The molecule has 0 aromatic carbocycles. The number of fused-ring (bicyclic) bond motifs is 3. The van der Waals surface area contributed by atoms with Crippen molar-refractivity contribution in [1.29, 1.82) is 0 Å². The summed E-state index contributed by atoms with van der Waals surface area (Å²) in [7, 11) is 0. The smallest absolute Gasteiger partial charge is 0.311 e. The quantitative estimate of drug-likeness (QED) is 0.452. The van der Waals surface area contributed by atoms with Crippen molar-refractivity contribution in [2.75, 3.05) is 11.9 Å². The maximum atomic E-state index is 14.6. The van der Waals surface area contributed by atoms with Gasteiger partial charge in [-0.2, -0.15) is 0 Å². The molecule has 1 heterocycles. The first-order valence-corrected chi connectivity index (χ1v) is 9.38. The molecule has 0 aliphatic heterocycles. The third-order valence-corrected chi connectivity index (χ3v) is 5.59. The van der Waals surface area contributed by atoms with E-state index in [0.717, 1.165) is 25.7 Å². The van der Waals surface area contributed by atoms with Gasteiger partial charge in [0.05, 0.1) is 12.5 Å². The molecule has 4 rings (SSSR count). The first kappa shape index (κ1) is 18.2. The summed E-state index contributed by atoms with van der Waals surface area (Å²) in [4.78, 5) is 31.9. The van der Waals surface area contributed by atoms with Crippen molar-refractivity contribution in [3.8, 4) is 0 Å². The molecule has 1 aromatic heterocycles. The number of carbonyl (C=O) groups excluding carboxylic acids is 2. The molecule has 3 saturated carbocycles. The van der Waals surface area contributed by atoms with Gasteiger partial charge in [0.2, 0.25) is 0 Å². The van der Waals surface area contributed by atoms with Crippen LogP contribution in [0, 0.1) is 23.6 Å². The summed E-state index contributed by atoms with van der Waals surface area (Å²) in [5, 5.41) is 3.10. The Morgan fingerprint density at radius 2 is 1.88 bits per heavy atom. The van der Waals surface area contributed by atoms with E-state index < -0.39 is 11.6 Å². The summed E-state index contributed by atoms with van der Waals surface area (Å²) < 4.78 is 20.0. The van der Waals surface area contributed by atoms with E-state index in [-0.39, 0.29) is 46.0 Å². The molecule has 0 amide bonds. The maximum absolute atomic E-state index is 14.6. The molecule has 1 aromatic rings. The number of hydrogen-bond donors (Lipinski definition) is 1. The van der Waals surface area contributed by atoms with Crippen molar-refractivity contribution < 1.29 is 18.7 Å². The SMILES string of the molecule is CCOC(=O)[C@@H]1C2CCC(CC2)[C@H]1Nc1nc(Br)nc(C(C)=O)c1F. The maximum Gasteiger partial charge on any atom is 0.311 e. The predicted molar refractivity (Wildman–Crippen MR) is 92.7 cm³/mol.